The SMILES string of the molecule is O=c1ccc(=O)n([C@H]2CCC[C@@H]2O)[nH]1. The number of aromatic amines is 1. The molecule has 1 aromatic heterocycles. The maximum Gasteiger partial charge on any atom is 0.265 e. The lowest BCUT2D eigenvalue weighted by Gasteiger charge is -2.16. The summed E-state index contributed by atoms with van der Waals surface area (Å²) < 4.78 is 1.24. The third kappa shape index (κ3) is 1.50. The Kier molecular flexibility index (Phi) is 2.25. The number of aliphatic hydroxyl groups excluding tert-OH is 1. The maximum atomic E-state index is 11.4. The number of nitrogens with one attached hydrogen (secondary N) is 1. The van der Waals surface area contributed by atoms with E-state index in [0.717, 1.165) is 12.8 Å². The van der Waals surface area contributed by atoms with Crippen molar-refractivity contribution >= 4 is 0 Å². The molecule has 0 aliphatic heterocycles. The van der Waals surface area contributed by atoms with Gasteiger partial charge in [0.2, 0.25) is 0 Å². The normalized spacial score (nSPS) is 26.6. The van der Waals surface area contributed by atoms with Crippen molar-refractivity contribution in [2.24, 2.45) is 0 Å². The van der Waals surface area contributed by atoms with Gasteiger partial charge in [-0.1, -0.05) is 0 Å². The zero-order valence-electron chi connectivity index (χ0n) is 7.64. The smallest absolute Gasteiger partial charge is 0.265 e. The summed E-state index contributed by atoms with van der Waals surface area (Å²) in [5, 5.41) is 12.0. The third-order valence-corrected chi connectivity index (χ3v) is 2.62. The van der Waals surface area contributed by atoms with Gasteiger partial charge in [0.05, 0.1) is 12.1 Å². The Morgan fingerprint density at radius 2 is 2.14 bits per heavy atom. The maximum absolute atomic E-state index is 11.4. The van der Waals surface area contributed by atoms with Crippen molar-refractivity contribution in [3.8, 4) is 0 Å². The number of nitrogens with zero attached hydrogens (tertiary/aromatic N) is 1. The van der Waals surface area contributed by atoms with Gasteiger partial charge < -0.3 is 5.11 Å². The number of hydrogen-bond donors (Lipinski definition) is 2. The fraction of sp³-hybridized carbons (Fsp3) is 0.556. The van der Waals surface area contributed by atoms with Crippen molar-refractivity contribution in [2.75, 3.05) is 0 Å². The summed E-state index contributed by atoms with van der Waals surface area (Å²) in [6.45, 7) is 0. The van der Waals surface area contributed by atoms with E-state index in [1.165, 1.54) is 16.8 Å². The largest absolute Gasteiger partial charge is 0.391 e. The van der Waals surface area contributed by atoms with E-state index < -0.39 is 6.10 Å². The van der Waals surface area contributed by atoms with Gasteiger partial charge in [-0.15, -0.1) is 0 Å². The van der Waals surface area contributed by atoms with Gasteiger partial charge in [-0.3, -0.25) is 14.7 Å². The molecule has 0 radical (unpaired) electrons. The van der Waals surface area contributed by atoms with E-state index in [0.29, 0.717) is 6.42 Å². The molecule has 76 valence electrons. The molecule has 1 heterocycles. The Balaban J connectivity index is 2.45. The van der Waals surface area contributed by atoms with Crippen molar-refractivity contribution in [3.05, 3.63) is 32.8 Å². The van der Waals surface area contributed by atoms with E-state index in [-0.39, 0.29) is 17.2 Å². The number of aromatic nitrogens is 2. The van der Waals surface area contributed by atoms with Crippen LogP contribution in [-0.2, 0) is 0 Å². The van der Waals surface area contributed by atoms with Gasteiger partial charge in [-0.2, -0.15) is 0 Å². The van der Waals surface area contributed by atoms with E-state index in [1.807, 2.05) is 0 Å². The van der Waals surface area contributed by atoms with Crippen LogP contribution in [0.15, 0.2) is 21.7 Å². The lowest BCUT2D eigenvalue weighted by molar-refractivity contribution is 0.127. The fourth-order valence-electron chi connectivity index (χ4n) is 1.91. The van der Waals surface area contributed by atoms with Crippen molar-refractivity contribution in [3.63, 3.8) is 0 Å². The van der Waals surface area contributed by atoms with Crippen LogP contribution in [0.5, 0.6) is 0 Å². The zero-order valence-corrected chi connectivity index (χ0v) is 7.64. The molecule has 0 unspecified atom stereocenters. The fourth-order valence-corrected chi connectivity index (χ4v) is 1.91. The van der Waals surface area contributed by atoms with Crippen LogP contribution in [0.4, 0.5) is 0 Å². The van der Waals surface area contributed by atoms with Gasteiger partial charge in [-0.05, 0) is 19.3 Å². The summed E-state index contributed by atoms with van der Waals surface area (Å²) in [6.07, 6.45) is 1.79. The number of rotatable bonds is 1. The Labute approximate surface area is 80.0 Å². The molecule has 0 aromatic carbocycles. The van der Waals surface area contributed by atoms with Crippen LogP contribution in [0.1, 0.15) is 25.3 Å². The molecule has 1 aliphatic rings. The summed E-state index contributed by atoms with van der Waals surface area (Å²) in [4.78, 5) is 22.4. The molecule has 2 N–H and O–H groups in total. The van der Waals surface area contributed by atoms with Crippen LogP contribution in [0.2, 0.25) is 0 Å². The average molecular weight is 196 g/mol. The number of aliphatic hydroxyl groups is 1. The second-order valence-electron chi connectivity index (χ2n) is 3.58. The lowest BCUT2D eigenvalue weighted by atomic mass is 10.2. The van der Waals surface area contributed by atoms with Gasteiger partial charge in [-0.25, -0.2) is 4.68 Å². The topological polar surface area (TPSA) is 75.1 Å². The highest BCUT2D eigenvalue weighted by atomic mass is 16.3. The van der Waals surface area contributed by atoms with E-state index in [9.17, 15) is 14.7 Å². The first kappa shape index (κ1) is 9.21. The Morgan fingerprint density at radius 1 is 1.36 bits per heavy atom. The van der Waals surface area contributed by atoms with E-state index in [1.54, 1.807) is 0 Å². The highest BCUT2D eigenvalue weighted by Crippen LogP contribution is 2.27. The van der Waals surface area contributed by atoms with Crippen LogP contribution < -0.4 is 11.1 Å². The summed E-state index contributed by atoms with van der Waals surface area (Å²) in [5.41, 5.74) is -0.584. The van der Waals surface area contributed by atoms with Gasteiger partial charge in [0.15, 0.2) is 0 Å². The second kappa shape index (κ2) is 3.42. The molecule has 2 atom stereocenters. The molecule has 1 saturated carbocycles. The number of hydrogen-bond acceptors (Lipinski definition) is 3. The van der Waals surface area contributed by atoms with Crippen LogP contribution >= 0.6 is 0 Å². The first-order chi connectivity index (χ1) is 6.68. The third-order valence-electron chi connectivity index (χ3n) is 2.62. The van der Waals surface area contributed by atoms with Crippen LogP contribution in [-0.4, -0.2) is 21.0 Å². The molecule has 0 saturated heterocycles. The van der Waals surface area contributed by atoms with Gasteiger partial charge in [0.25, 0.3) is 11.1 Å². The predicted octanol–water partition coefficient (Wildman–Crippen LogP) is -0.377. The Hall–Kier alpha value is -1.36. The minimum absolute atomic E-state index is 0.267. The molecule has 1 aliphatic carbocycles. The Morgan fingerprint density at radius 3 is 2.79 bits per heavy atom. The van der Waals surface area contributed by atoms with Crippen LogP contribution in [0.25, 0.3) is 0 Å². The second-order valence-corrected chi connectivity index (χ2v) is 3.58. The van der Waals surface area contributed by atoms with Crippen molar-refractivity contribution in [1.29, 1.82) is 0 Å². The minimum atomic E-state index is -0.522. The first-order valence-corrected chi connectivity index (χ1v) is 4.68. The highest BCUT2D eigenvalue weighted by Gasteiger charge is 2.27. The van der Waals surface area contributed by atoms with E-state index >= 15 is 0 Å². The molecule has 0 bridgehead atoms. The first-order valence-electron chi connectivity index (χ1n) is 4.68. The summed E-state index contributed by atoms with van der Waals surface area (Å²) in [5.74, 6) is 0. The van der Waals surface area contributed by atoms with Crippen LogP contribution in [0.3, 0.4) is 0 Å². The average Bonchev–Trinajstić information content (AvgIpc) is 2.56. The molecule has 1 fully saturated rings. The standard InChI is InChI=1S/C9H12N2O3/c12-7-3-1-2-6(7)11-9(14)5-4-8(13)10-11/h4-7,12H,1-3H2,(H,10,13)/t6-,7-/m0/s1. The molecule has 0 spiro atoms. The molecule has 0 amide bonds. The number of H-pyrrole nitrogens is 1. The summed E-state index contributed by atoms with van der Waals surface area (Å²) in [6, 6.07) is 2.15. The van der Waals surface area contributed by atoms with Gasteiger partial charge >= 0.3 is 0 Å². The van der Waals surface area contributed by atoms with Crippen molar-refractivity contribution < 1.29 is 5.11 Å². The molecule has 2 rings (SSSR count). The quantitative estimate of drug-likeness (QED) is 0.643. The molecule has 5 nitrogen and oxygen atoms in total. The van der Waals surface area contributed by atoms with E-state index in [2.05, 4.69) is 5.10 Å². The molecular formula is C9H12N2O3. The zero-order chi connectivity index (χ0) is 10.1. The minimum Gasteiger partial charge on any atom is -0.391 e. The monoisotopic (exact) mass is 196 g/mol. The Bertz CT molecular complexity index is 434. The lowest BCUT2D eigenvalue weighted by Crippen LogP contribution is -2.34. The van der Waals surface area contributed by atoms with Gasteiger partial charge in [0, 0.05) is 12.1 Å². The summed E-state index contributed by atoms with van der Waals surface area (Å²) in [7, 11) is 0. The van der Waals surface area contributed by atoms with Crippen molar-refractivity contribution in [2.45, 2.75) is 31.4 Å². The molecule has 14 heavy (non-hydrogen) atoms. The van der Waals surface area contributed by atoms with Crippen molar-refractivity contribution in [1.82, 2.24) is 9.78 Å². The van der Waals surface area contributed by atoms with E-state index in [4.69, 9.17) is 0 Å². The molecule has 1 aromatic rings. The van der Waals surface area contributed by atoms with Gasteiger partial charge in [0.1, 0.15) is 0 Å². The highest BCUT2D eigenvalue weighted by molar-refractivity contribution is 4.90. The molecule has 5 heteroatoms. The molecular weight excluding hydrogens is 184 g/mol. The summed E-state index contributed by atoms with van der Waals surface area (Å²) >= 11 is 0. The van der Waals surface area contributed by atoms with Crippen LogP contribution in [0, 0.1) is 0 Å². The predicted molar refractivity (Wildman–Crippen MR) is 50.2 cm³/mol.